The van der Waals surface area contributed by atoms with Crippen molar-refractivity contribution >= 4 is 0 Å². The molecule has 1 saturated carbocycles. The van der Waals surface area contributed by atoms with Crippen molar-refractivity contribution in [2.75, 3.05) is 6.61 Å². The van der Waals surface area contributed by atoms with Crippen LogP contribution >= 0.6 is 0 Å². The average Bonchev–Trinajstić information content (AvgIpc) is 2.39. The van der Waals surface area contributed by atoms with Gasteiger partial charge in [0, 0.05) is 6.61 Å². The second-order valence-corrected chi connectivity index (χ2v) is 6.88. The second-order valence-electron chi connectivity index (χ2n) is 6.88. The largest absolute Gasteiger partial charge is 0.396 e. The van der Waals surface area contributed by atoms with Gasteiger partial charge in [-0.05, 0) is 37.0 Å². The Balaban J connectivity index is 0.000000370. The summed E-state index contributed by atoms with van der Waals surface area (Å²) < 4.78 is 0. The second kappa shape index (κ2) is 12.6. The fourth-order valence-electron chi connectivity index (χ4n) is 3.04. The monoisotopic (exact) mass is 286 g/mol. The highest BCUT2D eigenvalue weighted by molar-refractivity contribution is 4.79. The molecule has 0 radical (unpaired) electrons. The summed E-state index contributed by atoms with van der Waals surface area (Å²) in [6.07, 6.45) is 11.0. The molecule has 2 heteroatoms. The number of rotatable bonds is 7. The molecule has 0 aromatic heterocycles. The predicted octanol–water partition coefficient (Wildman–Crippen LogP) is 4.78. The zero-order valence-electron chi connectivity index (χ0n) is 14.3. The van der Waals surface area contributed by atoms with Crippen molar-refractivity contribution in [3.8, 4) is 0 Å². The fourth-order valence-corrected chi connectivity index (χ4v) is 3.04. The SMILES string of the molecule is CC1CCC(C(C)C)C(O)C1.CCCCCCCCO. The molecular weight excluding hydrogens is 248 g/mol. The Morgan fingerprint density at radius 3 is 2.10 bits per heavy atom. The van der Waals surface area contributed by atoms with Crippen LogP contribution in [0.15, 0.2) is 0 Å². The maximum Gasteiger partial charge on any atom is 0.0573 e. The standard InChI is InChI=1S/C10H20O.C8H18O/c1-7(2)9-5-4-8(3)6-10(9)11;1-2-3-4-5-6-7-8-9/h7-11H,4-6H2,1-3H3;9H,2-8H2,1H3. The Bertz CT molecular complexity index is 198. The molecule has 2 N–H and O–H groups in total. The molecule has 0 aromatic carbocycles. The van der Waals surface area contributed by atoms with Crippen molar-refractivity contribution in [2.24, 2.45) is 17.8 Å². The van der Waals surface area contributed by atoms with E-state index in [0.717, 1.165) is 18.8 Å². The molecule has 0 spiro atoms. The van der Waals surface area contributed by atoms with Crippen LogP contribution in [0.1, 0.15) is 85.5 Å². The molecule has 122 valence electrons. The van der Waals surface area contributed by atoms with Gasteiger partial charge in [0.1, 0.15) is 0 Å². The summed E-state index contributed by atoms with van der Waals surface area (Å²) in [6, 6.07) is 0. The summed E-state index contributed by atoms with van der Waals surface area (Å²) in [7, 11) is 0. The first-order valence-corrected chi connectivity index (χ1v) is 8.81. The van der Waals surface area contributed by atoms with E-state index < -0.39 is 0 Å². The summed E-state index contributed by atoms with van der Waals surface area (Å²) in [5.41, 5.74) is 0. The minimum Gasteiger partial charge on any atom is -0.396 e. The smallest absolute Gasteiger partial charge is 0.0573 e. The van der Waals surface area contributed by atoms with Gasteiger partial charge in [-0.25, -0.2) is 0 Å². The lowest BCUT2D eigenvalue weighted by Crippen LogP contribution is -2.31. The van der Waals surface area contributed by atoms with Crippen LogP contribution in [-0.4, -0.2) is 22.9 Å². The Morgan fingerprint density at radius 2 is 1.60 bits per heavy atom. The Kier molecular flexibility index (Phi) is 12.6. The van der Waals surface area contributed by atoms with Crippen LogP contribution in [0.25, 0.3) is 0 Å². The van der Waals surface area contributed by atoms with Crippen LogP contribution in [0.2, 0.25) is 0 Å². The van der Waals surface area contributed by atoms with Crippen molar-refractivity contribution in [3.05, 3.63) is 0 Å². The fraction of sp³-hybridized carbons (Fsp3) is 1.00. The molecule has 20 heavy (non-hydrogen) atoms. The van der Waals surface area contributed by atoms with Gasteiger partial charge in [0.05, 0.1) is 6.10 Å². The van der Waals surface area contributed by atoms with Gasteiger partial charge in [0.15, 0.2) is 0 Å². The minimum atomic E-state index is -0.0289. The Labute approximate surface area is 127 Å². The van der Waals surface area contributed by atoms with E-state index in [-0.39, 0.29) is 6.10 Å². The maximum absolute atomic E-state index is 9.71. The summed E-state index contributed by atoms with van der Waals surface area (Å²) in [4.78, 5) is 0. The molecule has 1 rings (SSSR count). The van der Waals surface area contributed by atoms with Crippen LogP contribution < -0.4 is 0 Å². The third kappa shape index (κ3) is 9.77. The van der Waals surface area contributed by atoms with Gasteiger partial charge < -0.3 is 10.2 Å². The summed E-state index contributed by atoms with van der Waals surface area (Å²) in [5, 5.41) is 18.1. The minimum absolute atomic E-state index is 0.0289. The molecule has 0 amide bonds. The highest BCUT2D eigenvalue weighted by Crippen LogP contribution is 2.33. The van der Waals surface area contributed by atoms with E-state index in [2.05, 4.69) is 27.7 Å². The molecule has 0 aliphatic heterocycles. The summed E-state index contributed by atoms with van der Waals surface area (Å²) >= 11 is 0. The molecular formula is C18H38O2. The van der Waals surface area contributed by atoms with Crippen LogP contribution in [0.5, 0.6) is 0 Å². The van der Waals surface area contributed by atoms with Crippen molar-refractivity contribution in [1.29, 1.82) is 0 Å². The van der Waals surface area contributed by atoms with Gasteiger partial charge in [-0.2, -0.15) is 0 Å². The quantitative estimate of drug-likeness (QED) is 0.661. The van der Waals surface area contributed by atoms with Crippen LogP contribution in [0, 0.1) is 17.8 Å². The highest BCUT2D eigenvalue weighted by Gasteiger charge is 2.28. The topological polar surface area (TPSA) is 40.5 Å². The Morgan fingerprint density at radius 1 is 1.00 bits per heavy atom. The normalized spacial score (nSPS) is 26.2. The first kappa shape index (κ1) is 19.9. The van der Waals surface area contributed by atoms with Crippen LogP contribution in [-0.2, 0) is 0 Å². The highest BCUT2D eigenvalue weighted by atomic mass is 16.3. The van der Waals surface area contributed by atoms with Crippen LogP contribution in [0.4, 0.5) is 0 Å². The van der Waals surface area contributed by atoms with Crippen LogP contribution in [0.3, 0.4) is 0 Å². The summed E-state index contributed by atoms with van der Waals surface area (Å²) in [5.74, 6) is 1.95. The van der Waals surface area contributed by atoms with Crippen molar-refractivity contribution in [2.45, 2.75) is 91.6 Å². The third-order valence-corrected chi connectivity index (χ3v) is 4.50. The first-order valence-electron chi connectivity index (χ1n) is 8.81. The lowest BCUT2D eigenvalue weighted by molar-refractivity contribution is 0.0266. The van der Waals surface area contributed by atoms with E-state index in [4.69, 9.17) is 5.11 Å². The van der Waals surface area contributed by atoms with Gasteiger partial charge in [-0.1, -0.05) is 66.2 Å². The molecule has 3 unspecified atom stereocenters. The number of hydrogen-bond acceptors (Lipinski definition) is 2. The first-order chi connectivity index (χ1) is 9.52. The van der Waals surface area contributed by atoms with Gasteiger partial charge in [0.25, 0.3) is 0 Å². The van der Waals surface area contributed by atoms with E-state index in [9.17, 15) is 5.11 Å². The molecule has 1 aliphatic rings. The predicted molar refractivity (Wildman–Crippen MR) is 87.8 cm³/mol. The molecule has 0 bridgehead atoms. The van der Waals surface area contributed by atoms with Crippen molar-refractivity contribution in [3.63, 3.8) is 0 Å². The van der Waals surface area contributed by atoms with Gasteiger partial charge in [-0.3, -0.25) is 0 Å². The Hall–Kier alpha value is -0.0800. The van der Waals surface area contributed by atoms with Crippen molar-refractivity contribution in [1.82, 2.24) is 0 Å². The molecule has 1 aliphatic carbocycles. The molecule has 0 saturated heterocycles. The third-order valence-electron chi connectivity index (χ3n) is 4.50. The molecule has 2 nitrogen and oxygen atoms in total. The lowest BCUT2D eigenvalue weighted by atomic mass is 9.75. The van der Waals surface area contributed by atoms with E-state index >= 15 is 0 Å². The van der Waals surface area contributed by atoms with Crippen molar-refractivity contribution < 1.29 is 10.2 Å². The average molecular weight is 286 g/mol. The molecule has 0 aromatic rings. The zero-order valence-corrected chi connectivity index (χ0v) is 14.3. The van der Waals surface area contributed by atoms with Gasteiger partial charge in [0.2, 0.25) is 0 Å². The molecule has 3 atom stereocenters. The van der Waals surface area contributed by atoms with E-state index in [1.165, 1.54) is 44.9 Å². The number of aliphatic hydroxyl groups excluding tert-OH is 2. The number of aliphatic hydroxyl groups is 2. The van der Waals surface area contributed by atoms with Gasteiger partial charge >= 0.3 is 0 Å². The number of hydrogen-bond donors (Lipinski definition) is 2. The van der Waals surface area contributed by atoms with Gasteiger partial charge in [-0.15, -0.1) is 0 Å². The van der Waals surface area contributed by atoms with E-state index in [1.807, 2.05) is 0 Å². The zero-order chi connectivity index (χ0) is 15.4. The van der Waals surface area contributed by atoms with E-state index in [1.54, 1.807) is 0 Å². The molecule has 1 fully saturated rings. The maximum atomic E-state index is 9.71. The lowest BCUT2D eigenvalue weighted by Gasteiger charge is -2.33. The molecule has 0 heterocycles. The summed E-state index contributed by atoms with van der Waals surface area (Å²) in [6.45, 7) is 9.24. The van der Waals surface area contributed by atoms with E-state index in [0.29, 0.717) is 18.4 Å². The number of unbranched alkanes of at least 4 members (excludes halogenated alkanes) is 5.